The van der Waals surface area contributed by atoms with Crippen LogP contribution in [0.15, 0.2) is 71.7 Å². The van der Waals surface area contributed by atoms with E-state index in [1.54, 1.807) is 10.6 Å². The summed E-state index contributed by atoms with van der Waals surface area (Å²) in [6.45, 7) is 7.11. The van der Waals surface area contributed by atoms with Crippen molar-refractivity contribution in [1.82, 2.24) is 4.57 Å². The Hall–Kier alpha value is -2.61. The summed E-state index contributed by atoms with van der Waals surface area (Å²) in [6.07, 6.45) is 4.09. The number of hydrogen-bond donors (Lipinski definition) is 0. The number of nitrogens with zero attached hydrogens (tertiary/aromatic N) is 1. The molecule has 0 amide bonds. The van der Waals surface area contributed by atoms with E-state index in [2.05, 4.69) is 62.4 Å². The van der Waals surface area contributed by atoms with E-state index in [0.717, 1.165) is 24.0 Å². The standard InChI is InChI=1S/C24H27NO/c1-4-18-7-9-20(10-8-18)23(5-2)21-13-11-19(12-14-21)22-15-16-24(26)25(6-3)17-22/h7-17,23H,4-6H2,1-3H3. The first-order valence-electron chi connectivity index (χ1n) is 9.55. The topological polar surface area (TPSA) is 22.0 Å². The lowest BCUT2D eigenvalue weighted by atomic mass is 9.88. The number of hydrogen-bond acceptors (Lipinski definition) is 1. The highest BCUT2D eigenvalue weighted by molar-refractivity contribution is 5.63. The Labute approximate surface area is 156 Å². The van der Waals surface area contributed by atoms with Crippen molar-refractivity contribution in [3.8, 4) is 11.1 Å². The molecule has 0 spiro atoms. The Bertz CT molecular complexity index is 904. The maximum absolute atomic E-state index is 11.8. The second kappa shape index (κ2) is 8.18. The zero-order valence-electron chi connectivity index (χ0n) is 15.9. The van der Waals surface area contributed by atoms with Crippen molar-refractivity contribution in [2.24, 2.45) is 0 Å². The lowest BCUT2D eigenvalue weighted by Crippen LogP contribution is -2.16. The molecule has 1 aromatic heterocycles. The average molecular weight is 345 g/mol. The van der Waals surface area contributed by atoms with Gasteiger partial charge in [-0.2, -0.15) is 0 Å². The van der Waals surface area contributed by atoms with Gasteiger partial charge in [0.1, 0.15) is 0 Å². The van der Waals surface area contributed by atoms with Gasteiger partial charge in [0.05, 0.1) is 0 Å². The highest BCUT2D eigenvalue weighted by Gasteiger charge is 2.12. The second-order valence-electron chi connectivity index (χ2n) is 6.72. The second-order valence-corrected chi connectivity index (χ2v) is 6.72. The quantitative estimate of drug-likeness (QED) is 0.567. The van der Waals surface area contributed by atoms with E-state index in [-0.39, 0.29) is 5.56 Å². The number of benzene rings is 2. The molecule has 0 aliphatic heterocycles. The van der Waals surface area contributed by atoms with Crippen LogP contribution >= 0.6 is 0 Å². The molecule has 2 aromatic carbocycles. The largest absolute Gasteiger partial charge is 0.315 e. The third kappa shape index (κ3) is 3.80. The lowest BCUT2D eigenvalue weighted by molar-refractivity contribution is 0.728. The molecule has 2 nitrogen and oxygen atoms in total. The minimum absolute atomic E-state index is 0.0504. The summed E-state index contributed by atoms with van der Waals surface area (Å²) < 4.78 is 1.74. The maximum atomic E-state index is 11.8. The van der Waals surface area contributed by atoms with Gasteiger partial charge >= 0.3 is 0 Å². The first kappa shape index (κ1) is 18.2. The first-order valence-corrected chi connectivity index (χ1v) is 9.55. The van der Waals surface area contributed by atoms with Crippen LogP contribution in [0.5, 0.6) is 0 Å². The molecule has 26 heavy (non-hydrogen) atoms. The van der Waals surface area contributed by atoms with Crippen molar-refractivity contribution in [2.45, 2.75) is 46.1 Å². The predicted octanol–water partition coefficient (Wildman–Crippen LogP) is 5.64. The molecule has 1 unspecified atom stereocenters. The molecule has 0 N–H and O–H groups in total. The fourth-order valence-corrected chi connectivity index (χ4v) is 3.51. The first-order chi connectivity index (χ1) is 12.7. The SMILES string of the molecule is CCc1ccc(C(CC)c2ccc(-c3ccc(=O)n(CC)c3)cc2)cc1. The van der Waals surface area contributed by atoms with Gasteiger partial charge < -0.3 is 4.57 Å². The van der Waals surface area contributed by atoms with Gasteiger partial charge in [-0.15, -0.1) is 0 Å². The molecule has 0 saturated heterocycles. The molecule has 0 fully saturated rings. The third-order valence-electron chi connectivity index (χ3n) is 5.17. The minimum atomic E-state index is 0.0504. The number of aryl methyl sites for hydroxylation is 2. The van der Waals surface area contributed by atoms with Gasteiger partial charge in [0.25, 0.3) is 5.56 Å². The summed E-state index contributed by atoms with van der Waals surface area (Å²) in [7, 11) is 0. The van der Waals surface area contributed by atoms with Crippen molar-refractivity contribution < 1.29 is 0 Å². The van der Waals surface area contributed by atoms with E-state index in [4.69, 9.17) is 0 Å². The smallest absolute Gasteiger partial charge is 0.250 e. The molecular formula is C24H27NO. The fourth-order valence-electron chi connectivity index (χ4n) is 3.51. The van der Waals surface area contributed by atoms with E-state index < -0.39 is 0 Å². The molecule has 1 atom stereocenters. The number of rotatable bonds is 6. The monoisotopic (exact) mass is 345 g/mol. The van der Waals surface area contributed by atoms with Gasteiger partial charge in [0, 0.05) is 24.7 Å². The van der Waals surface area contributed by atoms with Gasteiger partial charge in [-0.05, 0) is 53.6 Å². The number of aromatic nitrogens is 1. The van der Waals surface area contributed by atoms with E-state index in [0.29, 0.717) is 12.5 Å². The molecule has 0 radical (unpaired) electrons. The molecule has 0 bridgehead atoms. The van der Waals surface area contributed by atoms with Gasteiger partial charge in [0.15, 0.2) is 0 Å². The highest BCUT2D eigenvalue weighted by atomic mass is 16.1. The zero-order chi connectivity index (χ0) is 18.5. The highest BCUT2D eigenvalue weighted by Crippen LogP contribution is 2.30. The van der Waals surface area contributed by atoms with Gasteiger partial charge in [0.2, 0.25) is 0 Å². The van der Waals surface area contributed by atoms with E-state index in [1.807, 2.05) is 19.2 Å². The van der Waals surface area contributed by atoms with Gasteiger partial charge in [-0.3, -0.25) is 4.79 Å². The van der Waals surface area contributed by atoms with Crippen LogP contribution in [0.25, 0.3) is 11.1 Å². The molecule has 3 rings (SSSR count). The van der Waals surface area contributed by atoms with E-state index >= 15 is 0 Å². The minimum Gasteiger partial charge on any atom is -0.315 e. The van der Waals surface area contributed by atoms with Gasteiger partial charge in [-0.25, -0.2) is 0 Å². The molecule has 0 saturated carbocycles. The van der Waals surface area contributed by atoms with Crippen molar-refractivity contribution in [3.05, 3.63) is 93.9 Å². The Morgan fingerprint density at radius 3 is 1.88 bits per heavy atom. The van der Waals surface area contributed by atoms with E-state index in [1.165, 1.54) is 16.7 Å². The average Bonchev–Trinajstić information content (AvgIpc) is 2.70. The summed E-state index contributed by atoms with van der Waals surface area (Å²) >= 11 is 0. The van der Waals surface area contributed by atoms with Crippen LogP contribution in [0.1, 0.15) is 49.8 Å². The molecule has 1 heterocycles. The maximum Gasteiger partial charge on any atom is 0.250 e. The molecule has 0 aliphatic carbocycles. The van der Waals surface area contributed by atoms with Crippen LogP contribution in [0, 0.1) is 0 Å². The van der Waals surface area contributed by atoms with Crippen LogP contribution in [-0.2, 0) is 13.0 Å². The van der Waals surface area contributed by atoms with Gasteiger partial charge in [-0.1, -0.05) is 62.4 Å². The Morgan fingerprint density at radius 1 is 0.769 bits per heavy atom. The zero-order valence-corrected chi connectivity index (χ0v) is 15.9. The van der Waals surface area contributed by atoms with Crippen molar-refractivity contribution in [1.29, 1.82) is 0 Å². The molecule has 134 valence electrons. The molecular weight excluding hydrogens is 318 g/mol. The predicted molar refractivity (Wildman–Crippen MR) is 110 cm³/mol. The van der Waals surface area contributed by atoms with Crippen molar-refractivity contribution in [2.75, 3.05) is 0 Å². The van der Waals surface area contributed by atoms with Crippen LogP contribution in [0.2, 0.25) is 0 Å². The molecule has 2 heteroatoms. The third-order valence-corrected chi connectivity index (χ3v) is 5.17. The van der Waals surface area contributed by atoms with Crippen LogP contribution < -0.4 is 5.56 Å². The van der Waals surface area contributed by atoms with Crippen LogP contribution in [0.4, 0.5) is 0 Å². The lowest BCUT2D eigenvalue weighted by Gasteiger charge is -2.17. The molecule has 0 aliphatic rings. The Morgan fingerprint density at radius 2 is 1.35 bits per heavy atom. The van der Waals surface area contributed by atoms with Crippen molar-refractivity contribution in [3.63, 3.8) is 0 Å². The van der Waals surface area contributed by atoms with Crippen molar-refractivity contribution >= 4 is 0 Å². The summed E-state index contributed by atoms with van der Waals surface area (Å²) in [5, 5.41) is 0. The summed E-state index contributed by atoms with van der Waals surface area (Å²) in [6, 6.07) is 21.3. The Kier molecular flexibility index (Phi) is 5.72. The summed E-state index contributed by atoms with van der Waals surface area (Å²) in [4.78, 5) is 11.8. The normalized spacial score (nSPS) is 12.1. The summed E-state index contributed by atoms with van der Waals surface area (Å²) in [5.74, 6) is 0.416. The Balaban J connectivity index is 1.88. The molecule has 3 aromatic rings. The fraction of sp³-hybridized carbons (Fsp3) is 0.292. The van der Waals surface area contributed by atoms with E-state index in [9.17, 15) is 4.79 Å². The van der Waals surface area contributed by atoms with Crippen LogP contribution in [0.3, 0.4) is 0 Å². The van der Waals surface area contributed by atoms with Crippen LogP contribution in [-0.4, -0.2) is 4.57 Å². The summed E-state index contributed by atoms with van der Waals surface area (Å²) in [5.41, 5.74) is 6.37. The number of pyridine rings is 1.